The van der Waals surface area contributed by atoms with E-state index in [1.165, 1.54) is 0 Å². The second kappa shape index (κ2) is 8.45. The van der Waals surface area contributed by atoms with Gasteiger partial charge in [-0.3, -0.25) is 4.79 Å². The van der Waals surface area contributed by atoms with Crippen molar-refractivity contribution in [3.63, 3.8) is 0 Å². The minimum atomic E-state index is -0.153. The molecule has 1 aromatic heterocycles. The van der Waals surface area contributed by atoms with Crippen molar-refractivity contribution in [1.29, 1.82) is 0 Å². The van der Waals surface area contributed by atoms with E-state index in [-0.39, 0.29) is 19.1 Å². The van der Waals surface area contributed by atoms with Crippen molar-refractivity contribution >= 4 is 28.5 Å². The smallest absolute Gasteiger partial charge is 0.252 e. The van der Waals surface area contributed by atoms with Crippen LogP contribution in [-0.2, 0) is 6.42 Å². The quantitative estimate of drug-likeness (QED) is 0.697. The number of para-hydroxylation sites is 1. The molecule has 148 valence electrons. The molecule has 0 bridgehead atoms. The second-order valence-corrected chi connectivity index (χ2v) is 7.11. The Bertz CT molecular complexity index is 1070. The Labute approximate surface area is 170 Å². The maximum Gasteiger partial charge on any atom is 0.252 e. The van der Waals surface area contributed by atoms with E-state index >= 15 is 0 Å². The Hall–Kier alpha value is -3.18. The van der Waals surface area contributed by atoms with Crippen LogP contribution < -0.4 is 10.1 Å². The van der Waals surface area contributed by atoms with Crippen LogP contribution in [0.25, 0.3) is 22.6 Å². The molecule has 0 radical (unpaired) electrons. The van der Waals surface area contributed by atoms with Crippen LogP contribution in [-0.4, -0.2) is 36.3 Å². The molecule has 1 amide bonds. The molecule has 29 heavy (non-hydrogen) atoms. The molecule has 1 aliphatic carbocycles. The Kier molecular flexibility index (Phi) is 5.58. The summed E-state index contributed by atoms with van der Waals surface area (Å²) < 4.78 is 5.24. The summed E-state index contributed by atoms with van der Waals surface area (Å²) in [6.45, 7) is 0.151. The highest BCUT2D eigenvalue weighted by molar-refractivity contribution is 6.09. The van der Waals surface area contributed by atoms with E-state index in [0.717, 1.165) is 58.3 Å². The molecule has 5 nitrogen and oxygen atoms in total. The van der Waals surface area contributed by atoms with Crippen molar-refractivity contribution in [3.8, 4) is 5.75 Å². The largest absolute Gasteiger partial charge is 0.497 e. The Morgan fingerprint density at radius 3 is 2.72 bits per heavy atom. The second-order valence-electron chi connectivity index (χ2n) is 7.11. The first-order chi connectivity index (χ1) is 14.2. The maximum atomic E-state index is 12.9. The minimum absolute atomic E-state index is 0.0838. The molecule has 3 aromatic rings. The van der Waals surface area contributed by atoms with Gasteiger partial charge in [-0.2, -0.15) is 0 Å². The van der Waals surface area contributed by atoms with Gasteiger partial charge in [0, 0.05) is 11.9 Å². The van der Waals surface area contributed by atoms with Crippen LogP contribution >= 0.6 is 0 Å². The summed E-state index contributed by atoms with van der Waals surface area (Å²) in [5.74, 6) is 0.669. The van der Waals surface area contributed by atoms with E-state index in [9.17, 15) is 4.79 Å². The predicted octanol–water partition coefficient (Wildman–Crippen LogP) is 3.84. The maximum absolute atomic E-state index is 12.9. The Balaban J connectivity index is 1.85. The van der Waals surface area contributed by atoms with Gasteiger partial charge in [0.05, 0.1) is 30.5 Å². The van der Waals surface area contributed by atoms with Gasteiger partial charge in [-0.15, -0.1) is 0 Å². The topological polar surface area (TPSA) is 71.5 Å². The zero-order chi connectivity index (χ0) is 20.2. The van der Waals surface area contributed by atoms with E-state index < -0.39 is 0 Å². The van der Waals surface area contributed by atoms with Gasteiger partial charge in [0.25, 0.3) is 5.91 Å². The zero-order valence-electron chi connectivity index (χ0n) is 16.4. The molecular formula is C24H24N2O3. The number of aliphatic hydroxyl groups excluding tert-OH is 1. The summed E-state index contributed by atoms with van der Waals surface area (Å²) in [6.07, 6.45) is 4.85. The number of ether oxygens (including phenoxy) is 1. The highest BCUT2D eigenvalue weighted by Gasteiger charge is 2.24. The number of aromatic nitrogens is 1. The van der Waals surface area contributed by atoms with Gasteiger partial charge in [0.1, 0.15) is 5.75 Å². The van der Waals surface area contributed by atoms with Gasteiger partial charge in [-0.25, -0.2) is 4.98 Å². The van der Waals surface area contributed by atoms with Gasteiger partial charge < -0.3 is 15.2 Å². The molecule has 4 rings (SSSR count). The lowest BCUT2D eigenvalue weighted by Gasteiger charge is -2.23. The van der Waals surface area contributed by atoms with Gasteiger partial charge in [-0.05, 0) is 60.2 Å². The number of benzene rings is 2. The summed E-state index contributed by atoms with van der Waals surface area (Å²) in [5, 5.41) is 12.8. The number of allylic oxidation sites excluding steroid dienone is 1. The Morgan fingerprint density at radius 1 is 1.17 bits per heavy atom. The highest BCUT2D eigenvalue weighted by Crippen LogP contribution is 2.36. The molecule has 0 unspecified atom stereocenters. The summed E-state index contributed by atoms with van der Waals surface area (Å²) >= 11 is 0. The van der Waals surface area contributed by atoms with Crippen LogP contribution in [0, 0.1) is 0 Å². The number of fused-ring (bicyclic) bond motifs is 2. The number of carbonyl (C=O) groups is 1. The average Bonchev–Trinajstić information content (AvgIpc) is 2.76. The standard InChI is InChI=1S/C24H24N2O3/c1-29-18-11-9-16(10-12-18)15-17-5-4-7-20-22(24(28)25-13-14-27)19-6-2-3-8-21(19)26-23(17)20/h2-3,6,8-12,15,27H,4-5,7,13-14H2,1H3,(H,25,28)/b17-15-. The molecule has 1 heterocycles. The van der Waals surface area contributed by atoms with Crippen molar-refractivity contribution in [2.75, 3.05) is 20.3 Å². The molecule has 0 saturated heterocycles. The molecule has 0 aliphatic heterocycles. The van der Waals surface area contributed by atoms with Crippen LogP contribution in [0.15, 0.2) is 48.5 Å². The van der Waals surface area contributed by atoms with Crippen LogP contribution in [0.2, 0.25) is 0 Å². The van der Waals surface area contributed by atoms with E-state index in [0.29, 0.717) is 5.56 Å². The number of amides is 1. The first-order valence-electron chi connectivity index (χ1n) is 9.87. The highest BCUT2D eigenvalue weighted by atomic mass is 16.5. The van der Waals surface area contributed by atoms with Crippen molar-refractivity contribution in [3.05, 3.63) is 70.9 Å². The lowest BCUT2D eigenvalue weighted by atomic mass is 9.85. The molecule has 0 fully saturated rings. The first-order valence-corrected chi connectivity index (χ1v) is 9.87. The number of pyridine rings is 1. The number of nitrogens with zero attached hydrogens (tertiary/aromatic N) is 1. The third-order valence-electron chi connectivity index (χ3n) is 5.25. The monoisotopic (exact) mass is 388 g/mol. The van der Waals surface area contributed by atoms with Crippen LogP contribution in [0.3, 0.4) is 0 Å². The fourth-order valence-corrected chi connectivity index (χ4v) is 3.89. The van der Waals surface area contributed by atoms with Crippen molar-refractivity contribution in [2.45, 2.75) is 19.3 Å². The number of aliphatic hydroxyl groups is 1. The van der Waals surface area contributed by atoms with E-state index in [1.54, 1.807) is 7.11 Å². The predicted molar refractivity (Wildman–Crippen MR) is 115 cm³/mol. The molecule has 0 atom stereocenters. The molecule has 0 spiro atoms. The molecule has 2 N–H and O–H groups in total. The number of hydrogen-bond acceptors (Lipinski definition) is 4. The van der Waals surface area contributed by atoms with Crippen LogP contribution in [0.1, 0.15) is 40.0 Å². The third-order valence-corrected chi connectivity index (χ3v) is 5.25. The van der Waals surface area contributed by atoms with Gasteiger partial charge in [0.2, 0.25) is 0 Å². The molecular weight excluding hydrogens is 364 g/mol. The van der Waals surface area contributed by atoms with Crippen LogP contribution in [0.4, 0.5) is 0 Å². The lowest BCUT2D eigenvalue weighted by molar-refractivity contribution is 0.0945. The summed E-state index contributed by atoms with van der Waals surface area (Å²) in [4.78, 5) is 17.9. The number of methoxy groups -OCH3 is 1. The fraction of sp³-hybridized carbons (Fsp3) is 0.250. The van der Waals surface area contributed by atoms with Gasteiger partial charge >= 0.3 is 0 Å². The first kappa shape index (κ1) is 19.2. The van der Waals surface area contributed by atoms with E-state index in [4.69, 9.17) is 14.8 Å². The summed E-state index contributed by atoms with van der Waals surface area (Å²) in [7, 11) is 1.66. The normalized spacial score (nSPS) is 14.6. The SMILES string of the molecule is COc1ccc(/C=C2/CCCc3c2nc2ccccc2c3C(=O)NCCO)cc1. The number of carbonyl (C=O) groups excluding carboxylic acids is 1. The number of rotatable bonds is 5. The molecule has 2 aromatic carbocycles. The molecule has 5 heteroatoms. The summed E-state index contributed by atoms with van der Waals surface area (Å²) in [6, 6.07) is 15.7. The van der Waals surface area contributed by atoms with Crippen LogP contribution in [0.5, 0.6) is 5.75 Å². The lowest BCUT2D eigenvalue weighted by Crippen LogP contribution is -2.28. The zero-order valence-corrected chi connectivity index (χ0v) is 16.4. The van der Waals surface area contributed by atoms with Crippen molar-refractivity contribution in [2.24, 2.45) is 0 Å². The van der Waals surface area contributed by atoms with Crippen molar-refractivity contribution < 1.29 is 14.6 Å². The summed E-state index contributed by atoms with van der Waals surface area (Å²) in [5.41, 5.74) is 5.60. The average molecular weight is 388 g/mol. The number of hydrogen-bond donors (Lipinski definition) is 2. The molecule has 1 aliphatic rings. The minimum Gasteiger partial charge on any atom is -0.497 e. The number of nitrogens with one attached hydrogen (secondary N) is 1. The van der Waals surface area contributed by atoms with Crippen molar-refractivity contribution in [1.82, 2.24) is 10.3 Å². The molecule has 0 saturated carbocycles. The van der Waals surface area contributed by atoms with Gasteiger partial charge in [0.15, 0.2) is 0 Å². The fourth-order valence-electron chi connectivity index (χ4n) is 3.89. The van der Waals surface area contributed by atoms with E-state index in [2.05, 4.69) is 11.4 Å². The third kappa shape index (κ3) is 3.87. The van der Waals surface area contributed by atoms with Gasteiger partial charge in [-0.1, -0.05) is 30.3 Å². The van der Waals surface area contributed by atoms with E-state index in [1.807, 2.05) is 48.5 Å². The Morgan fingerprint density at radius 2 is 1.97 bits per heavy atom.